The largest absolute Gasteiger partial charge is 0.309 e. The summed E-state index contributed by atoms with van der Waals surface area (Å²) in [6, 6.07) is 68.9. The number of hydrogen-bond donors (Lipinski definition) is 0. The Hall–Kier alpha value is -7.63. The minimum absolute atomic E-state index is 0.223. The standard InChI is InChI=1S/C52H33N5/c1-3-16-33(17-4-1)50-53-51(34-18-15-21-36(32-34)57-43-27-12-9-23-38(43)39-24-10-13-28-44(39)57)55-52(54-50)49-40-25-8-7-22-37(40)41-30-31-46-47(48(41)49)42-26-11-14-29-45(42)56(46)35-19-5-2-6-20-35/h1-32,49H/t49-/m1/s1. The van der Waals surface area contributed by atoms with Crippen molar-refractivity contribution in [1.82, 2.24) is 24.1 Å². The molecule has 3 aromatic heterocycles. The van der Waals surface area contributed by atoms with Crippen LogP contribution in [-0.4, -0.2) is 24.1 Å². The molecule has 1 atom stereocenters. The van der Waals surface area contributed by atoms with Gasteiger partial charge in [-0.15, -0.1) is 0 Å². The van der Waals surface area contributed by atoms with Gasteiger partial charge in [0.15, 0.2) is 11.6 Å². The number of rotatable bonds is 5. The molecule has 0 fully saturated rings. The average Bonchev–Trinajstić information content (AvgIpc) is 3.93. The van der Waals surface area contributed by atoms with Gasteiger partial charge in [0, 0.05) is 44.0 Å². The fourth-order valence-corrected chi connectivity index (χ4v) is 9.25. The van der Waals surface area contributed by atoms with E-state index < -0.39 is 0 Å². The Kier molecular flexibility index (Phi) is 6.92. The van der Waals surface area contributed by atoms with Gasteiger partial charge in [-0.3, -0.25) is 0 Å². The average molecular weight is 728 g/mol. The van der Waals surface area contributed by atoms with Crippen molar-refractivity contribution in [3.05, 3.63) is 211 Å². The minimum atomic E-state index is -0.223. The zero-order valence-corrected chi connectivity index (χ0v) is 30.8. The predicted molar refractivity (Wildman–Crippen MR) is 232 cm³/mol. The first-order valence-corrected chi connectivity index (χ1v) is 19.4. The lowest BCUT2D eigenvalue weighted by atomic mass is 9.92. The highest BCUT2D eigenvalue weighted by molar-refractivity contribution is 6.14. The van der Waals surface area contributed by atoms with Gasteiger partial charge >= 0.3 is 0 Å². The number of hydrogen-bond acceptors (Lipinski definition) is 3. The van der Waals surface area contributed by atoms with Crippen molar-refractivity contribution in [2.75, 3.05) is 0 Å². The fraction of sp³-hybridized carbons (Fsp3) is 0.0192. The fourth-order valence-electron chi connectivity index (χ4n) is 9.25. The van der Waals surface area contributed by atoms with Crippen molar-refractivity contribution in [1.29, 1.82) is 0 Å². The summed E-state index contributed by atoms with van der Waals surface area (Å²) in [6.45, 7) is 0. The molecule has 5 nitrogen and oxygen atoms in total. The van der Waals surface area contributed by atoms with E-state index in [9.17, 15) is 0 Å². The lowest BCUT2D eigenvalue weighted by Crippen LogP contribution is -2.10. The van der Waals surface area contributed by atoms with E-state index in [-0.39, 0.29) is 5.92 Å². The molecular weight excluding hydrogens is 695 g/mol. The molecule has 0 bridgehead atoms. The van der Waals surface area contributed by atoms with Crippen LogP contribution in [0.2, 0.25) is 0 Å². The number of benzene rings is 8. The highest BCUT2D eigenvalue weighted by Crippen LogP contribution is 2.52. The molecule has 57 heavy (non-hydrogen) atoms. The molecule has 0 amide bonds. The van der Waals surface area contributed by atoms with Crippen LogP contribution in [0.4, 0.5) is 0 Å². The SMILES string of the molecule is c1ccc(-c2nc(-c3cccc(-n4c5ccccc5c5ccccc54)c3)nc([C@@H]3c4ccccc4-c4ccc5c(c43)c3ccccc3n5-c3ccccc3)n2)cc1. The second-order valence-corrected chi connectivity index (χ2v) is 14.8. The number of fused-ring (bicyclic) bond motifs is 10. The normalized spacial score (nSPS) is 13.4. The molecule has 0 radical (unpaired) electrons. The van der Waals surface area contributed by atoms with Gasteiger partial charge in [-0.05, 0) is 70.8 Å². The molecule has 8 aromatic carbocycles. The Balaban J connectivity index is 1.12. The Morgan fingerprint density at radius 1 is 0.368 bits per heavy atom. The second kappa shape index (κ2) is 12.4. The zero-order chi connectivity index (χ0) is 37.5. The van der Waals surface area contributed by atoms with Crippen molar-refractivity contribution in [2.45, 2.75) is 5.92 Å². The molecule has 266 valence electrons. The zero-order valence-electron chi connectivity index (χ0n) is 30.8. The van der Waals surface area contributed by atoms with Crippen LogP contribution in [0.15, 0.2) is 194 Å². The molecule has 5 heteroatoms. The van der Waals surface area contributed by atoms with Crippen LogP contribution in [0.25, 0.3) is 88.9 Å². The van der Waals surface area contributed by atoms with Crippen LogP contribution >= 0.6 is 0 Å². The molecule has 0 aliphatic heterocycles. The van der Waals surface area contributed by atoms with Crippen molar-refractivity contribution >= 4 is 43.6 Å². The van der Waals surface area contributed by atoms with E-state index in [1.54, 1.807) is 0 Å². The van der Waals surface area contributed by atoms with E-state index in [0.29, 0.717) is 11.6 Å². The van der Waals surface area contributed by atoms with Gasteiger partial charge in [-0.1, -0.05) is 146 Å². The van der Waals surface area contributed by atoms with E-state index in [1.807, 2.05) is 18.2 Å². The lowest BCUT2D eigenvalue weighted by Gasteiger charge is -2.17. The van der Waals surface area contributed by atoms with Gasteiger partial charge in [0.25, 0.3) is 0 Å². The number of aromatic nitrogens is 5. The first kappa shape index (κ1) is 31.7. The molecule has 0 saturated carbocycles. The van der Waals surface area contributed by atoms with Crippen molar-refractivity contribution < 1.29 is 0 Å². The van der Waals surface area contributed by atoms with Gasteiger partial charge in [0.05, 0.1) is 28.0 Å². The summed E-state index contributed by atoms with van der Waals surface area (Å²) in [7, 11) is 0. The first-order chi connectivity index (χ1) is 28.3. The van der Waals surface area contributed by atoms with Crippen LogP contribution < -0.4 is 0 Å². The molecule has 1 aliphatic carbocycles. The van der Waals surface area contributed by atoms with Crippen LogP contribution in [0.5, 0.6) is 0 Å². The van der Waals surface area contributed by atoms with E-state index in [2.05, 4.69) is 185 Å². The number of para-hydroxylation sites is 4. The first-order valence-electron chi connectivity index (χ1n) is 19.4. The minimum Gasteiger partial charge on any atom is -0.309 e. The number of nitrogens with zero attached hydrogens (tertiary/aromatic N) is 5. The maximum atomic E-state index is 5.47. The summed E-state index contributed by atoms with van der Waals surface area (Å²) >= 11 is 0. The van der Waals surface area contributed by atoms with Crippen LogP contribution in [0.3, 0.4) is 0 Å². The molecule has 3 heterocycles. The Labute approximate surface area is 328 Å². The molecule has 11 aromatic rings. The van der Waals surface area contributed by atoms with Gasteiger partial charge < -0.3 is 9.13 Å². The van der Waals surface area contributed by atoms with Crippen LogP contribution in [-0.2, 0) is 0 Å². The third kappa shape index (κ3) is 4.79. The van der Waals surface area contributed by atoms with Crippen LogP contribution in [0.1, 0.15) is 22.9 Å². The second-order valence-electron chi connectivity index (χ2n) is 14.8. The predicted octanol–water partition coefficient (Wildman–Crippen LogP) is 12.6. The van der Waals surface area contributed by atoms with Gasteiger partial charge in [-0.2, -0.15) is 0 Å². The Bertz CT molecular complexity index is 3310. The molecule has 12 rings (SSSR count). The smallest absolute Gasteiger partial charge is 0.163 e. The van der Waals surface area contributed by atoms with E-state index in [1.165, 1.54) is 49.3 Å². The third-order valence-electron chi connectivity index (χ3n) is 11.6. The van der Waals surface area contributed by atoms with Crippen molar-refractivity contribution in [2.24, 2.45) is 0 Å². The van der Waals surface area contributed by atoms with Crippen molar-refractivity contribution in [3.63, 3.8) is 0 Å². The molecule has 0 saturated heterocycles. The Morgan fingerprint density at radius 3 is 1.65 bits per heavy atom. The highest BCUT2D eigenvalue weighted by atomic mass is 15.0. The molecular formula is C52H33N5. The molecule has 0 N–H and O–H groups in total. The van der Waals surface area contributed by atoms with E-state index in [0.717, 1.165) is 44.9 Å². The monoisotopic (exact) mass is 727 g/mol. The third-order valence-corrected chi connectivity index (χ3v) is 11.6. The van der Waals surface area contributed by atoms with Crippen molar-refractivity contribution in [3.8, 4) is 45.3 Å². The summed E-state index contributed by atoms with van der Waals surface area (Å²) < 4.78 is 4.73. The lowest BCUT2D eigenvalue weighted by molar-refractivity contribution is 0.860. The summed E-state index contributed by atoms with van der Waals surface area (Å²) in [6.07, 6.45) is 0. The Morgan fingerprint density at radius 2 is 0.912 bits per heavy atom. The maximum Gasteiger partial charge on any atom is 0.163 e. The summed E-state index contributed by atoms with van der Waals surface area (Å²) in [5.41, 5.74) is 13.6. The van der Waals surface area contributed by atoms with Gasteiger partial charge in [0.2, 0.25) is 0 Å². The van der Waals surface area contributed by atoms with Crippen LogP contribution in [0, 0.1) is 0 Å². The van der Waals surface area contributed by atoms with E-state index in [4.69, 9.17) is 15.0 Å². The summed E-state index contributed by atoms with van der Waals surface area (Å²) in [5, 5.41) is 4.89. The maximum absolute atomic E-state index is 5.47. The molecule has 0 unspecified atom stereocenters. The summed E-state index contributed by atoms with van der Waals surface area (Å²) in [4.78, 5) is 16.1. The molecule has 0 spiro atoms. The topological polar surface area (TPSA) is 48.5 Å². The van der Waals surface area contributed by atoms with Gasteiger partial charge in [-0.25, -0.2) is 15.0 Å². The molecule has 1 aliphatic rings. The highest BCUT2D eigenvalue weighted by Gasteiger charge is 2.36. The quantitative estimate of drug-likeness (QED) is 0.177. The summed E-state index contributed by atoms with van der Waals surface area (Å²) in [5.74, 6) is 1.81. The van der Waals surface area contributed by atoms with Gasteiger partial charge in [0.1, 0.15) is 5.82 Å². The van der Waals surface area contributed by atoms with E-state index >= 15 is 0 Å².